The molecule has 38 heavy (non-hydrogen) atoms. The summed E-state index contributed by atoms with van der Waals surface area (Å²) in [4.78, 5) is 23.8. The van der Waals surface area contributed by atoms with Crippen LogP contribution in [0.15, 0.2) is 60.7 Å². The van der Waals surface area contributed by atoms with Gasteiger partial charge in [-0.3, -0.25) is 4.79 Å². The zero-order valence-corrected chi connectivity index (χ0v) is 24.1. The molecule has 3 aromatic rings. The van der Waals surface area contributed by atoms with Crippen molar-refractivity contribution in [1.29, 1.82) is 0 Å². The largest absolute Gasteiger partial charge is 0.506 e. The summed E-state index contributed by atoms with van der Waals surface area (Å²) in [5, 5.41) is 8.74. The van der Waals surface area contributed by atoms with Crippen molar-refractivity contribution in [3.63, 3.8) is 0 Å². The van der Waals surface area contributed by atoms with Gasteiger partial charge in [-0.2, -0.15) is 0 Å². The number of rotatable bonds is 6. The normalized spacial score (nSPS) is 19.6. The van der Waals surface area contributed by atoms with Crippen molar-refractivity contribution < 1.29 is 32.7 Å². The monoisotopic (exact) mass is 628 g/mol. The predicted molar refractivity (Wildman–Crippen MR) is 149 cm³/mol. The van der Waals surface area contributed by atoms with E-state index < -0.39 is 23.9 Å². The van der Waals surface area contributed by atoms with Crippen molar-refractivity contribution in [2.24, 2.45) is 5.92 Å². The lowest BCUT2D eigenvalue weighted by Crippen LogP contribution is -2.60. The Bertz CT molecular complexity index is 1170. The fourth-order valence-electron chi connectivity index (χ4n) is 4.99. The van der Waals surface area contributed by atoms with E-state index in [1.54, 1.807) is 0 Å². The van der Waals surface area contributed by atoms with Gasteiger partial charge in [0.2, 0.25) is 5.78 Å². The van der Waals surface area contributed by atoms with Gasteiger partial charge in [-0.15, -0.1) is 11.3 Å². The van der Waals surface area contributed by atoms with Crippen LogP contribution in [0.5, 0.6) is 0 Å². The highest BCUT2D eigenvalue weighted by atomic mass is 79.9. The van der Waals surface area contributed by atoms with E-state index in [9.17, 15) is 18.4 Å². The Morgan fingerprint density at radius 1 is 1.00 bits per heavy atom. The third-order valence-electron chi connectivity index (χ3n) is 6.88. The maximum absolute atomic E-state index is 13.2. The molecule has 6 rings (SSSR count). The lowest BCUT2D eigenvalue weighted by Gasteiger charge is -2.48. The van der Waals surface area contributed by atoms with E-state index in [0.717, 1.165) is 27.4 Å². The Balaban J connectivity index is 0.000000199. The number of quaternary nitrogens is 1. The first kappa shape index (κ1) is 30.2. The molecule has 0 unspecified atom stereocenters. The summed E-state index contributed by atoms with van der Waals surface area (Å²) in [5.74, 6) is 2.00. The summed E-state index contributed by atoms with van der Waals surface area (Å²) in [7, 11) is 0. The molecule has 3 fully saturated rings. The van der Waals surface area contributed by atoms with Gasteiger partial charge in [0, 0.05) is 11.1 Å². The number of benzene rings is 2. The van der Waals surface area contributed by atoms with Crippen molar-refractivity contribution in [2.45, 2.75) is 25.4 Å². The molecule has 2 bridgehead atoms. The first-order chi connectivity index (χ1) is 18.2. The number of fused-ring (bicyclic) bond motifs is 3. The second-order valence-corrected chi connectivity index (χ2v) is 11.0. The highest BCUT2D eigenvalue weighted by Gasteiger charge is 2.41. The molecule has 3 saturated heterocycles. The third-order valence-corrected chi connectivity index (χ3v) is 8.16. The molecule has 0 radical (unpaired) electrons. The molecule has 0 atom stereocenters. The van der Waals surface area contributed by atoms with Crippen molar-refractivity contribution in [1.82, 2.24) is 0 Å². The summed E-state index contributed by atoms with van der Waals surface area (Å²) < 4.78 is 32.8. The van der Waals surface area contributed by atoms with Gasteiger partial charge < -0.3 is 14.3 Å². The number of carboxylic acid groups (broad SMARTS) is 1. The van der Waals surface area contributed by atoms with Crippen LogP contribution in [-0.4, -0.2) is 53.5 Å². The number of hydrogen-bond acceptors (Lipinski definition) is 4. The van der Waals surface area contributed by atoms with E-state index in [1.165, 1.54) is 86.6 Å². The number of ketones is 1. The van der Waals surface area contributed by atoms with E-state index in [4.69, 9.17) is 21.4 Å². The topological polar surface area (TPSA) is 63.6 Å². The summed E-state index contributed by atoms with van der Waals surface area (Å²) in [6.45, 7) is 4.30. The quantitative estimate of drug-likeness (QED) is 0.130. The van der Waals surface area contributed by atoms with Gasteiger partial charge in [-0.1, -0.05) is 51.8 Å². The molecule has 1 aromatic heterocycles. The Kier molecular flexibility index (Phi) is 11.3. The Morgan fingerprint density at radius 3 is 1.95 bits per heavy atom. The number of carbonyl (C=O) groups excluding carboxylic acids is 1. The minimum Gasteiger partial charge on any atom is -0.450 e. The van der Waals surface area contributed by atoms with Crippen LogP contribution in [0.4, 0.5) is 13.6 Å². The van der Waals surface area contributed by atoms with Crippen LogP contribution in [-0.2, 0) is 4.74 Å². The van der Waals surface area contributed by atoms with Gasteiger partial charge in [0.1, 0.15) is 18.2 Å². The number of carbonyl (C=O) groups is 2. The van der Waals surface area contributed by atoms with E-state index >= 15 is 0 Å². The molecule has 0 aliphatic carbocycles. The molecular weight excluding hydrogens is 600 g/mol. The Morgan fingerprint density at radius 2 is 1.53 bits per heavy atom. The molecule has 1 N–H and O–H groups in total. The van der Waals surface area contributed by atoms with Gasteiger partial charge in [0.15, 0.2) is 6.10 Å². The molecular formula is C28H30BrClF2NO4S+. The fourth-order valence-corrected chi connectivity index (χ4v) is 5.96. The lowest BCUT2D eigenvalue weighted by atomic mass is 9.85. The summed E-state index contributed by atoms with van der Waals surface area (Å²) >= 11 is 10.2. The van der Waals surface area contributed by atoms with Crippen molar-refractivity contribution in [3.8, 4) is 0 Å². The number of halogens is 4. The summed E-state index contributed by atoms with van der Waals surface area (Å²) in [5.41, 5.74) is 0.598. The number of nitrogens with zero attached hydrogens (tertiary/aromatic N) is 1. The standard InChI is InChI=1S/C14H10F2O3.C13H17ClNOS.CH3Br/c15-11-5-1-3-9(7-11)13(19-14(17)18)10-4-2-6-12(16)8-10;14-13-2-1-12(17-13)11(16)9-15-6-3-10(4-7-15)5-8-15;1-2/h1-8,13H,(H,17,18);1-2,10H,3-9H2;1H3/q;+1;. The fraction of sp³-hybridized carbons (Fsp3) is 0.357. The first-order valence-corrected chi connectivity index (χ1v) is 14.9. The molecule has 2 aromatic carbocycles. The zero-order valence-electron chi connectivity index (χ0n) is 20.9. The smallest absolute Gasteiger partial charge is 0.450 e. The number of hydrogen-bond donors (Lipinski definition) is 1. The molecule has 0 amide bonds. The summed E-state index contributed by atoms with van der Waals surface area (Å²) in [6, 6.07) is 14.3. The van der Waals surface area contributed by atoms with Gasteiger partial charge in [-0.05, 0) is 67.4 Å². The Labute approximate surface area is 238 Å². The second kappa shape index (κ2) is 14.2. The third kappa shape index (κ3) is 8.33. The van der Waals surface area contributed by atoms with Crippen LogP contribution in [0.2, 0.25) is 4.34 Å². The maximum Gasteiger partial charge on any atom is 0.506 e. The maximum atomic E-state index is 13.2. The average Bonchev–Trinajstić information content (AvgIpc) is 3.36. The van der Waals surface area contributed by atoms with Gasteiger partial charge >= 0.3 is 6.16 Å². The van der Waals surface area contributed by atoms with Crippen LogP contribution in [0.25, 0.3) is 0 Å². The zero-order chi connectivity index (χ0) is 27.7. The molecule has 3 aliphatic rings. The molecule has 10 heteroatoms. The molecule has 4 heterocycles. The van der Waals surface area contributed by atoms with E-state index in [-0.39, 0.29) is 5.78 Å². The van der Waals surface area contributed by atoms with E-state index in [2.05, 4.69) is 15.9 Å². The second-order valence-electron chi connectivity index (χ2n) is 9.30. The molecule has 3 aliphatic heterocycles. The number of piperidine rings is 3. The minimum atomic E-state index is -1.52. The van der Waals surface area contributed by atoms with Crippen molar-refractivity contribution >= 4 is 50.8 Å². The van der Waals surface area contributed by atoms with Crippen LogP contribution >= 0.6 is 38.9 Å². The summed E-state index contributed by atoms with van der Waals surface area (Å²) in [6.07, 6.45) is 1.37. The van der Waals surface area contributed by atoms with Crippen LogP contribution in [0.3, 0.4) is 0 Å². The average molecular weight is 630 g/mol. The lowest BCUT2D eigenvalue weighted by molar-refractivity contribution is -0.935. The van der Waals surface area contributed by atoms with Gasteiger partial charge in [0.05, 0.1) is 28.8 Å². The number of ether oxygens (including phenoxy) is 1. The highest BCUT2D eigenvalue weighted by molar-refractivity contribution is 9.08. The van der Waals surface area contributed by atoms with Crippen LogP contribution < -0.4 is 0 Å². The van der Waals surface area contributed by atoms with Gasteiger partial charge in [-0.25, -0.2) is 13.6 Å². The molecule has 5 nitrogen and oxygen atoms in total. The number of alkyl halides is 1. The predicted octanol–water partition coefficient (Wildman–Crippen LogP) is 7.97. The number of thiophene rings is 1. The van der Waals surface area contributed by atoms with Crippen molar-refractivity contribution in [2.75, 3.05) is 32.0 Å². The van der Waals surface area contributed by atoms with E-state index in [1.807, 2.05) is 18.0 Å². The molecule has 0 saturated carbocycles. The minimum absolute atomic E-state index is 0.280. The van der Waals surface area contributed by atoms with Crippen LogP contribution in [0.1, 0.15) is 46.2 Å². The first-order valence-electron chi connectivity index (χ1n) is 12.1. The van der Waals surface area contributed by atoms with E-state index in [0.29, 0.717) is 22.0 Å². The molecule has 0 spiro atoms. The molecule has 204 valence electrons. The number of Topliss-reactive ketones (excluding diaryl/α,β-unsaturated/α-hetero) is 1. The van der Waals surface area contributed by atoms with Crippen LogP contribution in [0, 0.1) is 17.6 Å². The Hall–Kier alpha value is -2.33. The van der Waals surface area contributed by atoms with Gasteiger partial charge in [0.25, 0.3) is 0 Å². The SMILES string of the molecule is CBr.O=C(C[N+]12CCC(CC1)CC2)c1ccc(Cl)s1.O=C(O)OC(c1cccc(F)c1)c1cccc(F)c1. The highest BCUT2D eigenvalue weighted by Crippen LogP contribution is 2.34. The van der Waals surface area contributed by atoms with Crippen molar-refractivity contribution in [3.05, 3.63) is 92.6 Å².